The first-order chi connectivity index (χ1) is 4.42. The van der Waals surface area contributed by atoms with Crippen LogP contribution in [0.3, 0.4) is 0 Å². The van der Waals surface area contributed by atoms with E-state index < -0.39 is 11.4 Å². The zero-order chi connectivity index (χ0) is 8.20. The van der Waals surface area contributed by atoms with Crippen LogP contribution in [0.2, 0.25) is 0 Å². The van der Waals surface area contributed by atoms with Gasteiger partial charge in [-0.15, -0.1) is 0 Å². The number of hydrogen-bond acceptors (Lipinski definition) is 3. The molecule has 0 aliphatic rings. The van der Waals surface area contributed by atoms with Crippen molar-refractivity contribution in [3.63, 3.8) is 0 Å². The fraction of sp³-hybridized carbons (Fsp3) is 1.00. The molecule has 0 aromatic carbocycles. The Balaban J connectivity index is -0.000000405. The smallest absolute Gasteiger partial charge is 1.00 e. The monoisotopic (exact) mass is 225 g/mol. The molecule has 0 aliphatic carbocycles. The standard InChI is InChI=1S/C5H13NO3S.ClH.Na/c1-6(2,3)4-5-9-10(7)8;;/h4-5H2,1-3H3;1H;/q;;+1/p-1. The molecule has 0 aliphatic heterocycles. The minimum Gasteiger partial charge on any atom is -1.00 e. The van der Waals surface area contributed by atoms with Gasteiger partial charge in [0.15, 0.2) is 0 Å². The molecule has 0 heterocycles. The van der Waals surface area contributed by atoms with Crippen molar-refractivity contribution in [2.75, 3.05) is 34.3 Å². The van der Waals surface area contributed by atoms with Crippen LogP contribution in [0.4, 0.5) is 0 Å². The Morgan fingerprint density at radius 1 is 1.42 bits per heavy atom. The van der Waals surface area contributed by atoms with E-state index in [2.05, 4.69) is 4.18 Å². The van der Waals surface area contributed by atoms with Crippen LogP contribution in [0.25, 0.3) is 0 Å². The van der Waals surface area contributed by atoms with E-state index in [0.717, 1.165) is 0 Å². The molecule has 4 nitrogen and oxygen atoms in total. The summed E-state index contributed by atoms with van der Waals surface area (Å²) in [6.45, 7) is 0.938. The van der Waals surface area contributed by atoms with E-state index in [1.807, 2.05) is 21.1 Å². The molecule has 12 heavy (non-hydrogen) atoms. The Morgan fingerprint density at radius 3 is 2.08 bits per heavy atom. The van der Waals surface area contributed by atoms with Gasteiger partial charge in [0.2, 0.25) is 0 Å². The second kappa shape index (κ2) is 8.90. The molecule has 0 spiro atoms. The van der Waals surface area contributed by atoms with Gasteiger partial charge in [-0.25, -0.2) is 4.21 Å². The number of halogens is 1. The zero-order valence-electron chi connectivity index (χ0n) is 7.87. The van der Waals surface area contributed by atoms with Crippen LogP contribution >= 0.6 is 0 Å². The third-order valence-corrected chi connectivity index (χ3v) is 1.30. The van der Waals surface area contributed by atoms with Gasteiger partial charge in [0.1, 0.15) is 13.2 Å². The third-order valence-electron chi connectivity index (χ3n) is 0.942. The van der Waals surface area contributed by atoms with Crippen molar-refractivity contribution in [3.8, 4) is 0 Å². The summed E-state index contributed by atoms with van der Waals surface area (Å²) in [6, 6.07) is 0. The van der Waals surface area contributed by atoms with Gasteiger partial charge < -0.3 is 21.4 Å². The summed E-state index contributed by atoms with van der Waals surface area (Å²) in [6.07, 6.45) is 0. The molecule has 1 atom stereocenters. The van der Waals surface area contributed by atoms with Gasteiger partial charge >= 0.3 is 29.6 Å². The Morgan fingerprint density at radius 2 is 1.83 bits per heavy atom. The van der Waals surface area contributed by atoms with Crippen LogP contribution in [-0.2, 0) is 15.5 Å². The SMILES string of the molecule is C[N+](C)(C)CCOS(=O)[O-].[Cl-].[Na+]. The largest absolute Gasteiger partial charge is 1.00 e. The van der Waals surface area contributed by atoms with Crippen molar-refractivity contribution in [1.29, 1.82) is 0 Å². The number of likely N-dealkylation sites (N-methyl/N-ethyl adjacent to an activating group) is 1. The molecular formula is C5H13ClNNaO3S. The first-order valence-corrected chi connectivity index (χ1v) is 3.95. The van der Waals surface area contributed by atoms with Crippen LogP contribution in [-0.4, -0.2) is 47.5 Å². The molecule has 1 unspecified atom stereocenters. The van der Waals surface area contributed by atoms with Gasteiger partial charge in [-0.1, -0.05) is 0 Å². The van der Waals surface area contributed by atoms with Gasteiger partial charge in [0, 0.05) is 0 Å². The first kappa shape index (κ1) is 19.0. The average Bonchev–Trinajstić information content (AvgIpc) is 1.59. The fourth-order valence-corrected chi connectivity index (χ4v) is 0.590. The maximum Gasteiger partial charge on any atom is 1.00 e. The van der Waals surface area contributed by atoms with E-state index in [1.165, 1.54) is 0 Å². The quantitative estimate of drug-likeness (QED) is 0.272. The minimum atomic E-state index is -2.36. The molecule has 0 saturated carbocycles. The summed E-state index contributed by atoms with van der Waals surface area (Å²) < 4.78 is 24.7. The number of nitrogens with zero attached hydrogens (tertiary/aromatic N) is 1. The van der Waals surface area contributed by atoms with E-state index >= 15 is 0 Å². The second-order valence-corrected chi connectivity index (χ2v) is 3.68. The van der Waals surface area contributed by atoms with Crippen molar-refractivity contribution in [3.05, 3.63) is 0 Å². The molecule has 0 aromatic heterocycles. The van der Waals surface area contributed by atoms with Crippen LogP contribution in [0.1, 0.15) is 0 Å². The normalized spacial score (nSPS) is 12.7. The van der Waals surface area contributed by atoms with Gasteiger partial charge in [-0.05, 0) is 0 Å². The van der Waals surface area contributed by atoms with Crippen molar-refractivity contribution in [2.24, 2.45) is 0 Å². The van der Waals surface area contributed by atoms with E-state index in [-0.39, 0.29) is 48.6 Å². The van der Waals surface area contributed by atoms with Gasteiger partial charge in [0.05, 0.1) is 32.5 Å². The van der Waals surface area contributed by atoms with Crippen molar-refractivity contribution >= 4 is 11.4 Å². The molecule has 7 heteroatoms. The first-order valence-electron chi connectivity index (χ1n) is 2.95. The topological polar surface area (TPSA) is 49.4 Å². The molecule has 0 rings (SSSR count). The summed E-state index contributed by atoms with van der Waals surface area (Å²) in [5, 5.41) is 0. The van der Waals surface area contributed by atoms with E-state index in [0.29, 0.717) is 11.0 Å². The Hall–Kier alpha value is 1.32. The van der Waals surface area contributed by atoms with E-state index in [4.69, 9.17) is 0 Å². The molecule has 0 amide bonds. The molecular weight excluding hydrogens is 213 g/mol. The maximum atomic E-state index is 9.86. The Bertz CT molecular complexity index is 130. The van der Waals surface area contributed by atoms with Crippen LogP contribution < -0.4 is 42.0 Å². The third kappa shape index (κ3) is 17.4. The number of hydrogen-bond donors (Lipinski definition) is 0. The summed E-state index contributed by atoms with van der Waals surface area (Å²) in [5.74, 6) is 0. The van der Waals surface area contributed by atoms with Gasteiger partial charge in [0.25, 0.3) is 0 Å². The molecule has 0 bridgehead atoms. The van der Waals surface area contributed by atoms with Gasteiger partial charge in [-0.3, -0.25) is 4.18 Å². The molecule has 0 radical (unpaired) electrons. The molecule has 0 saturated heterocycles. The minimum absolute atomic E-state index is 0. The number of quaternary nitrogens is 1. The average molecular weight is 226 g/mol. The zero-order valence-corrected chi connectivity index (χ0v) is 11.4. The molecule has 0 aromatic rings. The predicted molar refractivity (Wildman–Crippen MR) is 37.8 cm³/mol. The van der Waals surface area contributed by atoms with E-state index in [1.54, 1.807) is 0 Å². The summed E-state index contributed by atoms with van der Waals surface area (Å²) >= 11 is -2.36. The summed E-state index contributed by atoms with van der Waals surface area (Å²) in [4.78, 5) is 0. The Kier molecular flexibility index (Phi) is 14.1. The fourth-order valence-electron chi connectivity index (χ4n) is 0.379. The maximum absolute atomic E-state index is 9.86. The van der Waals surface area contributed by atoms with Gasteiger partial charge in [-0.2, -0.15) is 0 Å². The van der Waals surface area contributed by atoms with Crippen LogP contribution in [0.5, 0.6) is 0 Å². The molecule has 0 N–H and O–H groups in total. The predicted octanol–water partition coefficient (Wildman–Crippen LogP) is -6.49. The van der Waals surface area contributed by atoms with Crippen molar-refractivity contribution < 1.29 is 59.4 Å². The summed E-state index contributed by atoms with van der Waals surface area (Å²) in [7, 11) is 5.91. The van der Waals surface area contributed by atoms with Crippen molar-refractivity contribution in [1.82, 2.24) is 0 Å². The number of rotatable bonds is 4. The molecule has 70 valence electrons. The molecule has 0 fully saturated rings. The van der Waals surface area contributed by atoms with E-state index in [9.17, 15) is 8.76 Å². The van der Waals surface area contributed by atoms with Crippen LogP contribution in [0.15, 0.2) is 0 Å². The van der Waals surface area contributed by atoms with Crippen molar-refractivity contribution in [2.45, 2.75) is 0 Å². The Labute approximate surface area is 104 Å². The van der Waals surface area contributed by atoms with Crippen LogP contribution in [0, 0.1) is 0 Å². The summed E-state index contributed by atoms with van der Waals surface area (Å²) in [5.41, 5.74) is 0. The second-order valence-electron chi connectivity index (χ2n) is 3.04.